The Balaban J connectivity index is 1.63. The highest BCUT2D eigenvalue weighted by Crippen LogP contribution is 2.22. The van der Waals surface area contributed by atoms with Crippen LogP contribution < -0.4 is 0 Å². The number of hydrogen-bond acceptors (Lipinski definition) is 4. The molecule has 20 heavy (non-hydrogen) atoms. The summed E-state index contributed by atoms with van der Waals surface area (Å²) in [5.41, 5.74) is 1.02. The van der Waals surface area contributed by atoms with Gasteiger partial charge in [-0.05, 0) is 25.3 Å². The number of amides is 1. The first-order chi connectivity index (χ1) is 9.84. The third kappa shape index (κ3) is 3.02. The molecular weight excluding hydrogens is 256 g/mol. The van der Waals surface area contributed by atoms with Gasteiger partial charge in [-0.3, -0.25) is 14.8 Å². The molecule has 2 aliphatic heterocycles. The first-order valence-electron chi connectivity index (χ1n) is 7.43. The number of nitrogens with one attached hydrogen (secondary N) is 1. The largest absolute Gasteiger partial charge is 0.378 e. The third-order valence-electron chi connectivity index (χ3n) is 4.17. The van der Waals surface area contributed by atoms with E-state index < -0.39 is 0 Å². The minimum Gasteiger partial charge on any atom is -0.378 e. The van der Waals surface area contributed by atoms with Gasteiger partial charge in [0.1, 0.15) is 0 Å². The predicted molar refractivity (Wildman–Crippen MR) is 74.2 cm³/mol. The van der Waals surface area contributed by atoms with Crippen molar-refractivity contribution in [1.82, 2.24) is 20.0 Å². The summed E-state index contributed by atoms with van der Waals surface area (Å²) in [6.45, 7) is 4.42. The van der Waals surface area contributed by atoms with Crippen molar-refractivity contribution in [2.75, 3.05) is 39.4 Å². The molecule has 1 unspecified atom stereocenters. The molecule has 1 amide bonds. The highest BCUT2D eigenvalue weighted by Gasteiger charge is 2.29. The molecular formula is C14H22N4O2. The lowest BCUT2D eigenvalue weighted by molar-refractivity contribution is -0.135. The van der Waals surface area contributed by atoms with Gasteiger partial charge in [-0.25, -0.2) is 0 Å². The number of piperidine rings is 1. The SMILES string of the molecule is O=C(CN1CCOCC1c1ccn[nH]1)N1CCCCC1. The summed E-state index contributed by atoms with van der Waals surface area (Å²) in [6.07, 6.45) is 5.27. The minimum atomic E-state index is 0.111. The van der Waals surface area contributed by atoms with Crippen LogP contribution in [0.4, 0.5) is 0 Å². The van der Waals surface area contributed by atoms with Crippen LogP contribution in [0.25, 0.3) is 0 Å². The van der Waals surface area contributed by atoms with E-state index in [4.69, 9.17) is 4.74 Å². The van der Waals surface area contributed by atoms with Gasteiger partial charge in [0.05, 0.1) is 31.5 Å². The number of nitrogens with zero attached hydrogens (tertiary/aromatic N) is 3. The molecule has 1 aromatic rings. The van der Waals surface area contributed by atoms with Crippen molar-refractivity contribution in [2.24, 2.45) is 0 Å². The lowest BCUT2D eigenvalue weighted by atomic mass is 10.1. The van der Waals surface area contributed by atoms with E-state index in [1.165, 1.54) is 6.42 Å². The average Bonchev–Trinajstić information content (AvgIpc) is 3.03. The number of rotatable bonds is 3. The predicted octanol–water partition coefficient (Wildman–Crippen LogP) is 0.795. The Bertz CT molecular complexity index is 428. The Hall–Kier alpha value is -1.40. The van der Waals surface area contributed by atoms with Crippen LogP contribution in [0.2, 0.25) is 0 Å². The first kappa shape index (κ1) is 13.6. The summed E-state index contributed by atoms with van der Waals surface area (Å²) in [6, 6.07) is 2.07. The topological polar surface area (TPSA) is 61.5 Å². The Morgan fingerprint density at radius 2 is 2.20 bits per heavy atom. The highest BCUT2D eigenvalue weighted by atomic mass is 16.5. The highest BCUT2D eigenvalue weighted by molar-refractivity contribution is 5.78. The van der Waals surface area contributed by atoms with Gasteiger partial charge in [0, 0.05) is 25.8 Å². The summed E-state index contributed by atoms with van der Waals surface area (Å²) in [4.78, 5) is 16.6. The van der Waals surface area contributed by atoms with Gasteiger partial charge in [-0.2, -0.15) is 5.10 Å². The molecule has 110 valence electrons. The summed E-state index contributed by atoms with van der Waals surface area (Å²) in [5, 5.41) is 6.99. The number of likely N-dealkylation sites (tertiary alicyclic amines) is 1. The van der Waals surface area contributed by atoms with Crippen molar-refractivity contribution in [3.8, 4) is 0 Å². The molecule has 1 aromatic heterocycles. The molecule has 2 aliphatic rings. The fourth-order valence-electron chi connectivity index (χ4n) is 2.98. The van der Waals surface area contributed by atoms with Gasteiger partial charge < -0.3 is 9.64 Å². The van der Waals surface area contributed by atoms with E-state index >= 15 is 0 Å². The van der Waals surface area contributed by atoms with Crippen LogP contribution in [-0.4, -0.2) is 65.3 Å². The van der Waals surface area contributed by atoms with Gasteiger partial charge in [-0.1, -0.05) is 0 Å². The van der Waals surface area contributed by atoms with Crippen LogP contribution in [0.1, 0.15) is 31.0 Å². The van der Waals surface area contributed by atoms with Crippen molar-refractivity contribution in [3.63, 3.8) is 0 Å². The van der Waals surface area contributed by atoms with Gasteiger partial charge >= 0.3 is 0 Å². The monoisotopic (exact) mass is 278 g/mol. The van der Waals surface area contributed by atoms with E-state index in [1.54, 1.807) is 6.20 Å². The molecule has 0 bridgehead atoms. The standard InChI is InChI=1S/C14H22N4O2/c19-14(17-6-2-1-3-7-17)10-18-8-9-20-11-13(18)12-4-5-15-16-12/h4-5,13H,1-3,6-11H2,(H,15,16). The zero-order chi connectivity index (χ0) is 13.8. The average molecular weight is 278 g/mol. The fraction of sp³-hybridized carbons (Fsp3) is 0.714. The van der Waals surface area contributed by atoms with Crippen molar-refractivity contribution in [2.45, 2.75) is 25.3 Å². The molecule has 1 N–H and O–H groups in total. The van der Waals surface area contributed by atoms with E-state index in [0.29, 0.717) is 19.8 Å². The second-order valence-corrected chi connectivity index (χ2v) is 5.51. The number of morpholine rings is 1. The molecule has 0 aromatic carbocycles. The maximum absolute atomic E-state index is 12.4. The first-order valence-corrected chi connectivity index (χ1v) is 7.43. The molecule has 0 saturated carbocycles. The molecule has 3 rings (SSSR count). The molecule has 0 spiro atoms. The summed E-state index contributed by atoms with van der Waals surface area (Å²) >= 11 is 0. The maximum atomic E-state index is 12.4. The normalized spacial score (nSPS) is 24.8. The number of aromatic amines is 1. The second kappa shape index (κ2) is 6.37. The second-order valence-electron chi connectivity index (χ2n) is 5.51. The minimum absolute atomic E-state index is 0.111. The summed E-state index contributed by atoms with van der Waals surface area (Å²) < 4.78 is 5.55. The lowest BCUT2D eigenvalue weighted by Crippen LogP contribution is -2.47. The number of hydrogen-bond donors (Lipinski definition) is 1. The summed E-state index contributed by atoms with van der Waals surface area (Å²) in [5.74, 6) is 0.246. The Labute approximate surface area is 119 Å². The zero-order valence-electron chi connectivity index (χ0n) is 11.8. The lowest BCUT2D eigenvalue weighted by Gasteiger charge is -2.36. The van der Waals surface area contributed by atoms with E-state index in [2.05, 4.69) is 15.1 Å². The Kier molecular flexibility index (Phi) is 4.32. The quantitative estimate of drug-likeness (QED) is 0.888. The van der Waals surface area contributed by atoms with Gasteiger partial charge in [0.25, 0.3) is 0 Å². The number of H-pyrrole nitrogens is 1. The van der Waals surface area contributed by atoms with Crippen LogP contribution in [0, 0.1) is 0 Å². The fourth-order valence-corrected chi connectivity index (χ4v) is 2.98. The zero-order valence-corrected chi connectivity index (χ0v) is 11.8. The number of carbonyl (C=O) groups is 1. The van der Waals surface area contributed by atoms with Crippen molar-refractivity contribution < 1.29 is 9.53 Å². The Morgan fingerprint density at radius 1 is 1.35 bits per heavy atom. The van der Waals surface area contributed by atoms with Crippen molar-refractivity contribution in [1.29, 1.82) is 0 Å². The van der Waals surface area contributed by atoms with Crippen molar-refractivity contribution >= 4 is 5.91 Å². The smallest absolute Gasteiger partial charge is 0.236 e. The molecule has 6 nitrogen and oxygen atoms in total. The summed E-state index contributed by atoms with van der Waals surface area (Å²) in [7, 11) is 0. The van der Waals surface area contributed by atoms with Gasteiger partial charge in [0.15, 0.2) is 0 Å². The molecule has 6 heteroatoms. The Morgan fingerprint density at radius 3 is 2.95 bits per heavy atom. The third-order valence-corrected chi connectivity index (χ3v) is 4.17. The number of aromatic nitrogens is 2. The van der Waals surface area contributed by atoms with E-state index in [-0.39, 0.29) is 11.9 Å². The number of ether oxygens (including phenoxy) is 1. The molecule has 3 heterocycles. The van der Waals surface area contributed by atoms with Crippen molar-refractivity contribution in [3.05, 3.63) is 18.0 Å². The number of carbonyl (C=O) groups excluding carboxylic acids is 1. The molecule has 2 fully saturated rings. The molecule has 0 radical (unpaired) electrons. The van der Waals surface area contributed by atoms with Crippen LogP contribution >= 0.6 is 0 Å². The van der Waals surface area contributed by atoms with E-state index in [1.807, 2.05) is 11.0 Å². The van der Waals surface area contributed by atoms with Crippen LogP contribution in [0.3, 0.4) is 0 Å². The van der Waals surface area contributed by atoms with Crippen LogP contribution in [0.5, 0.6) is 0 Å². The maximum Gasteiger partial charge on any atom is 0.236 e. The van der Waals surface area contributed by atoms with Crippen LogP contribution in [-0.2, 0) is 9.53 Å². The van der Waals surface area contributed by atoms with Gasteiger partial charge in [-0.15, -0.1) is 0 Å². The van der Waals surface area contributed by atoms with Crippen LogP contribution in [0.15, 0.2) is 12.3 Å². The molecule has 1 atom stereocenters. The van der Waals surface area contributed by atoms with E-state index in [9.17, 15) is 4.79 Å². The molecule has 2 saturated heterocycles. The van der Waals surface area contributed by atoms with Gasteiger partial charge in [0.2, 0.25) is 5.91 Å². The molecule has 0 aliphatic carbocycles. The van der Waals surface area contributed by atoms with E-state index in [0.717, 1.165) is 38.2 Å².